The van der Waals surface area contributed by atoms with Gasteiger partial charge in [-0.2, -0.15) is 0 Å². The first-order valence-corrected chi connectivity index (χ1v) is 8.61. The number of hydrogen-bond donors (Lipinski definition) is 2. The van der Waals surface area contributed by atoms with E-state index in [0.29, 0.717) is 37.1 Å². The minimum atomic E-state index is -0.388. The highest BCUT2D eigenvalue weighted by molar-refractivity contribution is 4.76. The van der Waals surface area contributed by atoms with E-state index in [4.69, 9.17) is 4.74 Å². The predicted octanol–water partition coefficient (Wildman–Crippen LogP) is 3.36. The number of ether oxygens (including phenoxy) is 1. The molecule has 20 heavy (non-hydrogen) atoms. The number of rotatable bonds is 9. The van der Waals surface area contributed by atoms with E-state index in [-0.39, 0.29) is 6.10 Å². The number of aliphatic hydroxyl groups excluding tert-OH is 1. The molecule has 0 aromatic carbocycles. The van der Waals surface area contributed by atoms with Gasteiger partial charge in [-0.05, 0) is 31.6 Å². The molecule has 0 aromatic rings. The topological polar surface area (TPSA) is 41.5 Å². The van der Waals surface area contributed by atoms with Crippen LogP contribution in [0.4, 0.5) is 0 Å². The summed E-state index contributed by atoms with van der Waals surface area (Å²) in [5, 5.41) is 13.5. The average Bonchev–Trinajstić information content (AvgIpc) is 2.49. The molecule has 0 radical (unpaired) electrons. The van der Waals surface area contributed by atoms with E-state index in [1.165, 1.54) is 38.5 Å². The molecule has 1 aliphatic rings. The van der Waals surface area contributed by atoms with Crippen molar-refractivity contribution < 1.29 is 9.84 Å². The molecule has 3 heteroatoms. The minimum absolute atomic E-state index is 0.371. The third-order valence-electron chi connectivity index (χ3n) is 5.04. The van der Waals surface area contributed by atoms with Gasteiger partial charge >= 0.3 is 0 Å². The first-order valence-electron chi connectivity index (χ1n) is 8.61. The van der Waals surface area contributed by atoms with Gasteiger partial charge < -0.3 is 15.2 Å². The van der Waals surface area contributed by atoms with Crippen LogP contribution in [0.25, 0.3) is 0 Å². The second-order valence-electron chi connectivity index (χ2n) is 6.56. The van der Waals surface area contributed by atoms with Gasteiger partial charge in [0.25, 0.3) is 0 Å². The van der Waals surface area contributed by atoms with Crippen molar-refractivity contribution in [3.8, 4) is 0 Å². The summed E-state index contributed by atoms with van der Waals surface area (Å²) in [5.74, 6) is 1.34. The Balaban J connectivity index is 2.20. The maximum Gasteiger partial charge on any atom is 0.0897 e. The highest BCUT2D eigenvalue weighted by Crippen LogP contribution is 2.29. The fraction of sp³-hybridized carbons (Fsp3) is 1.00. The minimum Gasteiger partial charge on any atom is -0.389 e. The first kappa shape index (κ1) is 17.9. The van der Waals surface area contributed by atoms with E-state index < -0.39 is 0 Å². The van der Waals surface area contributed by atoms with E-state index >= 15 is 0 Å². The van der Waals surface area contributed by atoms with Crippen LogP contribution in [0, 0.1) is 11.8 Å². The molecule has 3 nitrogen and oxygen atoms in total. The van der Waals surface area contributed by atoms with Crippen molar-refractivity contribution in [3.63, 3.8) is 0 Å². The SMILES string of the molecule is CCC(C)C(C)NCC(O)COC1CCCCC1CC. The van der Waals surface area contributed by atoms with Crippen LogP contribution in [0.5, 0.6) is 0 Å². The van der Waals surface area contributed by atoms with Gasteiger partial charge in [-0.25, -0.2) is 0 Å². The summed E-state index contributed by atoms with van der Waals surface area (Å²) in [6.07, 6.45) is 7.43. The maximum atomic E-state index is 10.1. The summed E-state index contributed by atoms with van der Waals surface area (Å²) in [6, 6.07) is 0.452. The molecule has 1 rings (SSSR count). The standard InChI is InChI=1S/C17H35NO2/c1-5-13(3)14(4)18-11-16(19)12-20-17-10-8-7-9-15(17)6-2/h13-19H,5-12H2,1-4H3. The van der Waals surface area contributed by atoms with Crippen molar-refractivity contribution in [3.05, 3.63) is 0 Å². The van der Waals surface area contributed by atoms with Gasteiger partial charge in [0, 0.05) is 12.6 Å². The molecule has 120 valence electrons. The van der Waals surface area contributed by atoms with Crippen LogP contribution in [0.1, 0.15) is 66.2 Å². The lowest BCUT2D eigenvalue weighted by Gasteiger charge is -2.31. The summed E-state index contributed by atoms with van der Waals surface area (Å²) < 4.78 is 5.98. The first-order chi connectivity index (χ1) is 9.58. The number of nitrogens with one attached hydrogen (secondary N) is 1. The predicted molar refractivity (Wildman–Crippen MR) is 84.9 cm³/mol. The quantitative estimate of drug-likeness (QED) is 0.682. The monoisotopic (exact) mass is 285 g/mol. The molecule has 0 saturated heterocycles. The molecule has 1 aliphatic carbocycles. The highest BCUT2D eigenvalue weighted by Gasteiger charge is 2.25. The van der Waals surface area contributed by atoms with Crippen molar-refractivity contribution in [1.29, 1.82) is 0 Å². The number of aliphatic hydroxyl groups is 1. The average molecular weight is 285 g/mol. The van der Waals surface area contributed by atoms with Crippen molar-refractivity contribution in [1.82, 2.24) is 5.32 Å². The molecule has 2 N–H and O–H groups in total. The molecular weight excluding hydrogens is 250 g/mol. The van der Waals surface area contributed by atoms with E-state index in [0.717, 1.165) is 0 Å². The van der Waals surface area contributed by atoms with Gasteiger partial charge in [0.15, 0.2) is 0 Å². The smallest absolute Gasteiger partial charge is 0.0897 e. The molecule has 1 fully saturated rings. The Morgan fingerprint density at radius 2 is 1.90 bits per heavy atom. The summed E-state index contributed by atoms with van der Waals surface area (Å²) in [4.78, 5) is 0. The van der Waals surface area contributed by atoms with E-state index in [9.17, 15) is 5.11 Å². The molecule has 0 aromatic heterocycles. The van der Waals surface area contributed by atoms with Gasteiger partial charge in [0.1, 0.15) is 0 Å². The van der Waals surface area contributed by atoms with Gasteiger partial charge in [-0.1, -0.05) is 46.5 Å². The van der Waals surface area contributed by atoms with E-state index in [2.05, 4.69) is 33.0 Å². The summed E-state index contributed by atoms with van der Waals surface area (Å²) in [6.45, 7) is 10.00. The van der Waals surface area contributed by atoms with E-state index in [1.54, 1.807) is 0 Å². The van der Waals surface area contributed by atoms with Crippen LogP contribution < -0.4 is 5.32 Å². The van der Waals surface area contributed by atoms with Crippen LogP contribution >= 0.6 is 0 Å². The Labute approximate surface area is 125 Å². The second-order valence-corrected chi connectivity index (χ2v) is 6.56. The van der Waals surface area contributed by atoms with Crippen molar-refractivity contribution in [2.75, 3.05) is 13.2 Å². The van der Waals surface area contributed by atoms with Crippen LogP contribution in [-0.4, -0.2) is 36.5 Å². The summed E-state index contributed by atoms with van der Waals surface area (Å²) in [5.41, 5.74) is 0. The van der Waals surface area contributed by atoms with Crippen LogP contribution in [0.2, 0.25) is 0 Å². The fourth-order valence-corrected chi connectivity index (χ4v) is 3.03. The van der Waals surface area contributed by atoms with Crippen LogP contribution in [0.3, 0.4) is 0 Å². The van der Waals surface area contributed by atoms with Crippen molar-refractivity contribution in [2.45, 2.75) is 84.5 Å². The van der Waals surface area contributed by atoms with E-state index in [1.807, 2.05) is 0 Å². The Morgan fingerprint density at radius 3 is 2.55 bits per heavy atom. The zero-order valence-corrected chi connectivity index (χ0v) is 13.9. The van der Waals surface area contributed by atoms with Gasteiger partial charge in [0.05, 0.1) is 18.8 Å². The maximum absolute atomic E-state index is 10.1. The molecule has 0 aliphatic heterocycles. The lowest BCUT2D eigenvalue weighted by atomic mass is 9.85. The van der Waals surface area contributed by atoms with Gasteiger partial charge in [0.2, 0.25) is 0 Å². The third kappa shape index (κ3) is 6.11. The highest BCUT2D eigenvalue weighted by atomic mass is 16.5. The Kier molecular flexibility index (Phi) is 8.74. The van der Waals surface area contributed by atoms with Crippen molar-refractivity contribution in [2.24, 2.45) is 11.8 Å². The van der Waals surface area contributed by atoms with Gasteiger partial charge in [-0.15, -0.1) is 0 Å². The Bertz CT molecular complexity index is 247. The Morgan fingerprint density at radius 1 is 1.20 bits per heavy atom. The molecule has 0 heterocycles. The molecule has 5 atom stereocenters. The molecule has 0 bridgehead atoms. The number of hydrogen-bond acceptors (Lipinski definition) is 3. The van der Waals surface area contributed by atoms with Gasteiger partial charge in [-0.3, -0.25) is 0 Å². The lowest BCUT2D eigenvalue weighted by molar-refractivity contribution is -0.0504. The molecular formula is C17H35NO2. The van der Waals surface area contributed by atoms with Crippen molar-refractivity contribution >= 4 is 0 Å². The summed E-state index contributed by atoms with van der Waals surface area (Å²) >= 11 is 0. The zero-order chi connectivity index (χ0) is 15.0. The Hall–Kier alpha value is -0.120. The molecule has 5 unspecified atom stereocenters. The molecule has 0 spiro atoms. The van der Waals surface area contributed by atoms with Crippen LogP contribution in [0.15, 0.2) is 0 Å². The third-order valence-corrected chi connectivity index (χ3v) is 5.04. The zero-order valence-electron chi connectivity index (χ0n) is 13.9. The van der Waals surface area contributed by atoms with Crippen LogP contribution in [-0.2, 0) is 4.74 Å². The normalized spacial score (nSPS) is 28.1. The fourth-order valence-electron chi connectivity index (χ4n) is 3.03. The molecule has 1 saturated carbocycles. The second kappa shape index (κ2) is 9.75. The molecule has 0 amide bonds. The summed E-state index contributed by atoms with van der Waals surface area (Å²) in [7, 11) is 0. The largest absolute Gasteiger partial charge is 0.389 e. The lowest BCUT2D eigenvalue weighted by Crippen LogP contribution is -2.40.